The maximum absolute atomic E-state index is 4.41. The lowest BCUT2D eigenvalue weighted by molar-refractivity contribution is 1.25. The number of halogens is 1. The molecule has 6 aromatic carbocycles. The predicted molar refractivity (Wildman–Crippen MR) is 238 cm³/mol. The molecular formula is C48H29BrN6S. The van der Waals surface area contributed by atoms with E-state index < -0.39 is 0 Å². The number of thiophene rings is 1. The molecule has 11 rings (SSSR count). The lowest BCUT2D eigenvalue weighted by Gasteiger charge is -2.32. The average molecular weight is 802 g/mol. The molecule has 0 fully saturated rings. The molecule has 0 bridgehead atoms. The smallest absolute Gasteiger partial charge is 0.0718 e. The molecule has 5 heterocycles. The van der Waals surface area contributed by atoms with Gasteiger partial charge in [-0.1, -0.05) is 42.5 Å². The molecule has 0 amide bonds. The first-order valence-corrected chi connectivity index (χ1v) is 19.9. The van der Waals surface area contributed by atoms with Crippen molar-refractivity contribution in [1.82, 2.24) is 19.9 Å². The van der Waals surface area contributed by atoms with Crippen LogP contribution in [0.3, 0.4) is 0 Å². The van der Waals surface area contributed by atoms with Crippen molar-refractivity contribution >= 4 is 125 Å². The first-order valence-electron chi connectivity index (χ1n) is 18.3. The van der Waals surface area contributed by atoms with Crippen LogP contribution in [-0.4, -0.2) is 19.9 Å². The molecule has 0 atom stereocenters. The Morgan fingerprint density at radius 1 is 0.411 bits per heavy atom. The van der Waals surface area contributed by atoms with Crippen LogP contribution in [0.4, 0.5) is 34.1 Å². The molecule has 0 aliphatic heterocycles. The Bertz CT molecular complexity index is 3170. The van der Waals surface area contributed by atoms with E-state index in [9.17, 15) is 0 Å². The summed E-state index contributed by atoms with van der Waals surface area (Å²) in [6.45, 7) is 0. The average Bonchev–Trinajstić information content (AvgIpc) is 3.63. The first kappa shape index (κ1) is 32.7. The zero-order chi connectivity index (χ0) is 37.2. The van der Waals surface area contributed by atoms with Crippen molar-refractivity contribution in [2.45, 2.75) is 0 Å². The van der Waals surface area contributed by atoms with E-state index >= 15 is 0 Å². The standard InChI is InChI=1S/C48H29BrN6S/c49-47-43(54(38-9-5-34-26-50-17-13-30(34)21-38)39-10-6-35-27-51-18-14-31(35)22-39)25-45-46(42-3-1-2-4-44(42)56-45)48(47)55(40-11-7-36-28-52-19-15-32(36)23-40)41-12-8-37-29-53-20-16-33(37)24-41/h1-29H. The van der Waals surface area contributed by atoms with Gasteiger partial charge in [0.2, 0.25) is 0 Å². The van der Waals surface area contributed by atoms with E-state index in [0.29, 0.717) is 0 Å². The van der Waals surface area contributed by atoms with Crippen LogP contribution in [0.1, 0.15) is 0 Å². The van der Waals surface area contributed by atoms with Gasteiger partial charge in [0.25, 0.3) is 0 Å². The van der Waals surface area contributed by atoms with Gasteiger partial charge in [0.05, 0.1) is 15.8 Å². The number of pyridine rings is 4. The summed E-state index contributed by atoms with van der Waals surface area (Å²) in [5, 5.41) is 11.2. The fraction of sp³-hybridized carbons (Fsp3) is 0. The number of nitrogens with zero attached hydrogens (tertiary/aromatic N) is 6. The minimum Gasteiger partial charge on any atom is -0.309 e. The summed E-state index contributed by atoms with van der Waals surface area (Å²) in [6.07, 6.45) is 15.1. The van der Waals surface area contributed by atoms with Gasteiger partial charge in [-0.3, -0.25) is 19.9 Å². The van der Waals surface area contributed by atoms with Crippen molar-refractivity contribution in [2.24, 2.45) is 0 Å². The normalized spacial score (nSPS) is 11.7. The summed E-state index contributed by atoms with van der Waals surface area (Å²) in [4.78, 5) is 22.4. The van der Waals surface area contributed by atoms with Gasteiger partial charge in [-0.25, -0.2) is 0 Å². The Labute approximate surface area is 334 Å². The van der Waals surface area contributed by atoms with E-state index in [1.807, 2.05) is 60.9 Å². The third kappa shape index (κ3) is 5.45. The van der Waals surface area contributed by atoms with E-state index in [0.717, 1.165) is 81.7 Å². The topological polar surface area (TPSA) is 58.0 Å². The van der Waals surface area contributed by atoms with Crippen molar-refractivity contribution in [3.8, 4) is 0 Å². The maximum Gasteiger partial charge on any atom is 0.0718 e. The zero-order valence-electron chi connectivity index (χ0n) is 29.7. The van der Waals surface area contributed by atoms with Gasteiger partial charge in [-0.2, -0.15) is 0 Å². The molecule has 0 saturated carbocycles. The Balaban J connectivity index is 1.26. The molecule has 6 nitrogen and oxygen atoms in total. The molecule has 0 unspecified atom stereocenters. The van der Waals surface area contributed by atoms with Gasteiger partial charge in [0.15, 0.2) is 0 Å². The van der Waals surface area contributed by atoms with Crippen molar-refractivity contribution in [3.63, 3.8) is 0 Å². The van der Waals surface area contributed by atoms with Gasteiger partial charge in [-0.15, -0.1) is 11.3 Å². The van der Waals surface area contributed by atoms with Crippen LogP contribution < -0.4 is 9.80 Å². The minimum absolute atomic E-state index is 0.961. The summed E-state index contributed by atoms with van der Waals surface area (Å²) in [7, 11) is 0. The van der Waals surface area contributed by atoms with Crippen LogP contribution in [0.25, 0.3) is 63.3 Å². The van der Waals surface area contributed by atoms with Crippen molar-refractivity contribution < 1.29 is 0 Å². The van der Waals surface area contributed by atoms with Crippen LogP contribution >= 0.6 is 27.3 Å². The third-order valence-electron chi connectivity index (χ3n) is 10.6. The van der Waals surface area contributed by atoms with Crippen LogP contribution in [-0.2, 0) is 0 Å². The highest BCUT2D eigenvalue weighted by atomic mass is 79.9. The van der Waals surface area contributed by atoms with Crippen LogP contribution in [0.15, 0.2) is 181 Å². The summed E-state index contributed by atoms with van der Waals surface area (Å²) < 4.78 is 3.37. The zero-order valence-corrected chi connectivity index (χ0v) is 32.1. The number of anilines is 6. The number of hydrogen-bond acceptors (Lipinski definition) is 7. The lowest BCUT2D eigenvalue weighted by Crippen LogP contribution is -2.15. The lowest BCUT2D eigenvalue weighted by atomic mass is 10.0. The molecule has 0 saturated heterocycles. The fourth-order valence-corrected chi connectivity index (χ4v) is 9.69. The molecule has 11 aromatic rings. The second-order valence-corrected chi connectivity index (χ2v) is 15.7. The molecule has 5 aromatic heterocycles. The molecule has 0 spiro atoms. The van der Waals surface area contributed by atoms with Crippen molar-refractivity contribution in [1.29, 1.82) is 0 Å². The molecule has 56 heavy (non-hydrogen) atoms. The van der Waals surface area contributed by atoms with E-state index in [1.54, 1.807) is 0 Å². The Morgan fingerprint density at radius 3 is 1.30 bits per heavy atom. The number of aromatic nitrogens is 4. The van der Waals surface area contributed by atoms with E-state index in [1.165, 1.54) is 20.2 Å². The molecule has 8 heteroatoms. The summed E-state index contributed by atoms with van der Waals surface area (Å²) in [6, 6.07) is 45.8. The van der Waals surface area contributed by atoms with Crippen LogP contribution in [0, 0.1) is 0 Å². The maximum atomic E-state index is 4.41. The van der Waals surface area contributed by atoms with Gasteiger partial charge in [0.1, 0.15) is 0 Å². The van der Waals surface area contributed by atoms with Crippen LogP contribution in [0.2, 0.25) is 0 Å². The third-order valence-corrected chi connectivity index (χ3v) is 12.5. The second-order valence-electron chi connectivity index (χ2n) is 13.8. The summed E-state index contributed by atoms with van der Waals surface area (Å²) in [5.41, 5.74) is 6.21. The number of benzene rings is 6. The summed E-state index contributed by atoms with van der Waals surface area (Å²) >= 11 is 6.16. The predicted octanol–water partition coefficient (Wildman–Crippen LogP) is 13.9. The largest absolute Gasteiger partial charge is 0.309 e. The van der Waals surface area contributed by atoms with Gasteiger partial charge in [-0.05, 0) is 122 Å². The van der Waals surface area contributed by atoms with Gasteiger partial charge in [0, 0.05) is 114 Å². The molecule has 0 aliphatic rings. The number of rotatable bonds is 6. The number of fused-ring (bicyclic) bond motifs is 7. The molecule has 0 aliphatic carbocycles. The van der Waals surface area contributed by atoms with Crippen LogP contribution in [0.5, 0.6) is 0 Å². The summed E-state index contributed by atoms with van der Waals surface area (Å²) in [5.74, 6) is 0. The van der Waals surface area contributed by atoms with E-state index in [4.69, 9.17) is 0 Å². The highest BCUT2D eigenvalue weighted by Crippen LogP contribution is 2.54. The van der Waals surface area contributed by atoms with E-state index in [-0.39, 0.29) is 0 Å². The Morgan fingerprint density at radius 2 is 0.839 bits per heavy atom. The SMILES string of the molecule is Brc1c(N(c2ccc3cnccc3c2)c2ccc3cnccc3c2)cc2sc3ccccc3c2c1N(c1ccc2cnccc2c1)c1ccc2cnccc2c1. The monoisotopic (exact) mass is 800 g/mol. The number of hydrogen-bond donors (Lipinski definition) is 0. The molecular weight excluding hydrogens is 773 g/mol. The fourth-order valence-electron chi connectivity index (χ4n) is 7.88. The van der Waals surface area contributed by atoms with Crippen molar-refractivity contribution in [2.75, 3.05) is 9.80 Å². The quantitative estimate of drug-likeness (QED) is 0.167. The molecule has 0 radical (unpaired) electrons. The first-order chi connectivity index (χ1) is 27.7. The molecule has 0 N–H and O–H groups in total. The molecule has 264 valence electrons. The highest BCUT2D eigenvalue weighted by molar-refractivity contribution is 9.10. The van der Waals surface area contributed by atoms with Gasteiger partial charge < -0.3 is 9.80 Å². The van der Waals surface area contributed by atoms with Crippen molar-refractivity contribution in [3.05, 3.63) is 181 Å². The second kappa shape index (κ2) is 13.2. The van der Waals surface area contributed by atoms with Gasteiger partial charge >= 0.3 is 0 Å². The highest BCUT2D eigenvalue weighted by Gasteiger charge is 2.27. The Hall–Kier alpha value is -6.74. The minimum atomic E-state index is 0.961. The van der Waals surface area contributed by atoms with E-state index in [2.05, 4.69) is 173 Å². The Kier molecular flexibility index (Phi) is 7.72.